The number of hydrogen-bond donors (Lipinski definition) is 1. The first kappa shape index (κ1) is 32.8. The molecule has 1 aromatic heterocycles. The van der Waals surface area contributed by atoms with Crippen LogP contribution >= 0.6 is 23.4 Å². The first-order valence-electron chi connectivity index (χ1n) is 14.1. The molecule has 1 N–H and O–H groups in total. The average Bonchev–Trinajstić information content (AvgIpc) is 3.70. The number of rotatable bonds is 12. The fraction of sp³-hybridized carbons (Fsp3) is 0.314. The van der Waals surface area contributed by atoms with Crippen LogP contribution in [0, 0.1) is 5.41 Å². The minimum atomic E-state index is -0.962. The summed E-state index contributed by atoms with van der Waals surface area (Å²) in [5.74, 6) is -0.170. The van der Waals surface area contributed by atoms with E-state index in [0.717, 1.165) is 59.2 Å². The molecule has 0 spiro atoms. The molecule has 1 saturated carbocycles. The predicted molar refractivity (Wildman–Crippen MR) is 169 cm³/mol. The van der Waals surface area contributed by atoms with E-state index in [2.05, 4.69) is 42.5 Å². The number of fused-ring (bicyclic) bond motifs is 1. The number of halogens is 1. The van der Waals surface area contributed by atoms with Crippen LogP contribution in [0.25, 0.3) is 23.1 Å². The quantitative estimate of drug-likeness (QED) is 0.238. The van der Waals surface area contributed by atoms with Gasteiger partial charge in [0.05, 0.1) is 16.8 Å². The Hall–Kier alpha value is -2.12. The number of carbonyl (C=O) groups excluding carboxylic acids is 1. The molecule has 1 aliphatic rings. The van der Waals surface area contributed by atoms with Crippen molar-refractivity contribution in [2.24, 2.45) is 5.41 Å². The van der Waals surface area contributed by atoms with Crippen LogP contribution in [0.15, 0.2) is 78.9 Å². The number of carbonyl (C=O) groups is 1. The number of aromatic nitrogens is 1. The normalized spacial score (nSPS) is 15.0. The van der Waals surface area contributed by atoms with Crippen LogP contribution in [0.1, 0.15) is 72.7 Å². The Balaban J connectivity index is 0.00000405. The third kappa shape index (κ3) is 8.72. The Bertz CT molecular complexity index is 1580. The smallest absolute Gasteiger partial charge is 0.550 e. The fourth-order valence-corrected chi connectivity index (χ4v) is 6.99. The van der Waals surface area contributed by atoms with E-state index in [1.54, 1.807) is 13.8 Å². The third-order valence-electron chi connectivity index (χ3n) is 7.85. The van der Waals surface area contributed by atoms with E-state index in [9.17, 15) is 15.0 Å². The summed E-state index contributed by atoms with van der Waals surface area (Å²) in [6.45, 7) is 3.61. The summed E-state index contributed by atoms with van der Waals surface area (Å²) in [6.07, 6.45) is 7.89. The number of benzene rings is 3. The molecule has 1 fully saturated rings. The van der Waals surface area contributed by atoms with Crippen LogP contribution in [0.4, 0.5) is 0 Å². The second-order valence-electron chi connectivity index (χ2n) is 11.7. The van der Waals surface area contributed by atoms with Gasteiger partial charge in [-0.3, -0.25) is 0 Å². The van der Waals surface area contributed by atoms with Gasteiger partial charge in [0, 0.05) is 21.6 Å². The molecular weight excluding hydrogens is 573 g/mol. The molecule has 42 heavy (non-hydrogen) atoms. The summed E-state index contributed by atoms with van der Waals surface area (Å²) in [5, 5.41) is 23.8. The summed E-state index contributed by atoms with van der Waals surface area (Å²) in [4.78, 5) is 16.2. The molecule has 0 amide bonds. The van der Waals surface area contributed by atoms with Crippen molar-refractivity contribution in [2.45, 2.75) is 56.8 Å². The van der Waals surface area contributed by atoms with E-state index in [-0.39, 0.29) is 46.6 Å². The first-order chi connectivity index (χ1) is 19.6. The minimum Gasteiger partial charge on any atom is -0.550 e. The van der Waals surface area contributed by atoms with Gasteiger partial charge in [-0.15, -0.1) is 0 Å². The number of nitrogens with zero attached hydrogens (tertiary/aromatic N) is 1. The summed E-state index contributed by atoms with van der Waals surface area (Å²) >= 11 is 8.04. The Kier molecular flexibility index (Phi) is 11.0. The molecule has 4 aromatic rings. The molecule has 7 heteroatoms. The van der Waals surface area contributed by atoms with E-state index >= 15 is 0 Å². The van der Waals surface area contributed by atoms with Gasteiger partial charge in [-0.1, -0.05) is 78.3 Å². The number of aliphatic carboxylic acids is 1. The summed E-state index contributed by atoms with van der Waals surface area (Å²) < 4.78 is 0. The zero-order valence-electron chi connectivity index (χ0n) is 24.5. The van der Waals surface area contributed by atoms with Crippen LogP contribution in [0.2, 0.25) is 5.02 Å². The van der Waals surface area contributed by atoms with Crippen molar-refractivity contribution in [1.82, 2.24) is 4.98 Å². The van der Waals surface area contributed by atoms with Crippen molar-refractivity contribution < 1.29 is 44.6 Å². The van der Waals surface area contributed by atoms with E-state index in [1.807, 2.05) is 60.3 Å². The molecule has 1 atom stereocenters. The van der Waals surface area contributed by atoms with Crippen molar-refractivity contribution in [3.8, 4) is 0 Å². The number of pyridine rings is 1. The number of aryl methyl sites for hydroxylation is 1. The van der Waals surface area contributed by atoms with Gasteiger partial charge in [-0.25, -0.2) is 4.98 Å². The maximum atomic E-state index is 11.4. The zero-order valence-corrected chi connectivity index (χ0v) is 28.0. The molecule has 1 unspecified atom stereocenters. The molecule has 1 heterocycles. The van der Waals surface area contributed by atoms with Crippen molar-refractivity contribution in [3.63, 3.8) is 0 Å². The van der Waals surface area contributed by atoms with Crippen molar-refractivity contribution in [3.05, 3.63) is 112 Å². The van der Waals surface area contributed by atoms with Gasteiger partial charge in [-0.2, -0.15) is 11.8 Å². The van der Waals surface area contributed by atoms with Gasteiger partial charge >= 0.3 is 29.6 Å². The van der Waals surface area contributed by atoms with Crippen LogP contribution in [0.5, 0.6) is 0 Å². The molecule has 4 nitrogen and oxygen atoms in total. The van der Waals surface area contributed by atoms with Crippen LogP contribution in [0.3, 0.4) is 0 Å². The van der Waals surface area contributed by atoms with E-state index in [4.69, 9.17) is 16.6 Å². The molecule has 3 aromatic carbocycles. The summed E-state index contributed by atoms with van der Waals surface area (Å²) in [7, 11) is 0. The maximum absolute atomic E-state index is 11.4. The number of carboxylic acids is 1. The molecule has 5 rings (SSSR count). The van der Waals surface area contributed by atoms with Crippen molar-refractivity contribution >= 4 is 52.4 Å². The Labute approximate surface area is 279 Å². The van der Waals surface area contributed by atoms with Crippen molar-refractivity contribution in [2.75, 3.05) is 5.75 Å². The fourth-order valence-electron chi connectivity index (χ4n) is 5.20. The minimum absolute atomic E-state index is 0. The van der Waals surface area contributed by atoms with Crippen LogP contribution in [-0.4, -0.2) is 21.8 Å². The number of thioether (sulfide) groups is 1. The number of aliphatic hydroxyl groups is 1. The largest absolute Gasteiger partial charge is 1.00 e. The van der Waals surface area contributed by atoms with Gasteiger partial charge in [0.25, 0.3) is 0 Å². The molecule has 0 radical (unpaired) electrons. The van der Waals surface area contributed by atoms with Crippen LogP contribution in [-0.2, 0) is 16.8 Å². The van der Waals surface area contributed by atoms with Crippen molar-refractivity contribution in [1.29, 1.82) is 0 Å². The zero-order chi connectivity index (χ0) is 29.0. The topological polar surface area (TPSA) is 73.2 Å². The van der Waals surface area contributed by atoms with E-state index in [1.165, 1.54) is 11.1 Å². The van der Waals surface area contributed by atoms with Gasteiger partial charge in [0.1, 0.15) is 0 Å². The third-order valence-corrected chi connectivity index (χ3v) is 9.75. The monoisotopic (exact) mass is 607 g/mol. The SMILES string of the molecule is CC(C)(O)c1cccc(CCC(SCC2(CC(=O)[O-])CC2)c2ccccc2C=Cc2ccc3ccc(Cl)cc3n2)c1.[Na+]. The standard InChI is InChI=1S/C35H36ClNO3S.Na/c1-34(2,40)27-8-5-6-24(20-27)10-17-32(41-23-35(18-19-35)22-33(38)39)30-9-4-3-7-25(30)12-15-29-16-13-26-11-14-28(36)21-31(26)37-29;/h3-9,11-16,20-21,32,40H,10,17-19,22-23H2,1-2H3,(H,38,39);/q;+1/p-1. The van der Waals surface area contributed by atoms with Gasteiger partial charge in [-0.05, 0) is 104 Å². The second kappa shape index (κ2) is 14.1. The summed E-state index contributed by atoms with van der Waals surface area (Å²) in [5.41, 5.74) is 5.09. The van der Waals surface area contributed by atoms with Crippen LogP contribution < -0.4 is 34.7 Å². The Morgan fingerprint density at radius 3 is 2.57 bits per heavy atom. The van der Waals surface area contributed by atoms with Gasteiger partial charge in [0.15, 0.2) is 0 Å². The van der Waals surface area contributed by atoms with Gasteiger partial charge < -0.3 is 15.0 Å². The molecule has 0 aliphatic heterocycles. The first-order valence-corrected chi connectivity index (χ1v) is 15.5. The second-order valence-corrected chi connectivity index (χ2v) is 13.3. The number of hydrogen-bond acceptors (Lipinski definition) is 5. The van der Waals surface area contributed by atoms with E-state index in [0.29, 0.717) is 5.02 Å². The molecular formula is C35H35ClNNaO3S. The van der Waals surface area contributed by atoms with Gasteiger partial charge in [0.2, 0.25) is 0 Å². The summed E-state index contributed by atoms with van der Waals surface area (Å²) in [6, 6.07) is 26.4. The predicted octanol–water partition coefficient (Wildman–Crippen LogP) is 4.62. The van der Waals surface area contributed by atoms with E-state index < -0.39 is 11.6 Å². The Morgan fingerprint density at radius 1 is 1.07 bits per heavy atom. The molecule has 0 bridgehead atoms. The molecule has 212 valence electrons. The maximum Gasteiger partial charge on any atom is 1.00 e. The Morgan fingerprint density at radius 2 is 1.83 bits per heavy atom. The average molecular weight is 608 g/mol. The molecule has 0 saturated heterocycles. The number of carboxylic acid groups (broad SMARTS) is 1. The molecule has 1 aliphatic carbocycles.